The van der Waals surface area contributed by atoms with E-state index in [-0.39, 0.29) is 6.03 Å². The number of thiazole rings is 1. The fraction of sp³-hybridized carbons (Fsp3) is 0.429. The zero-order chi connectivity index (χ0) is 14.7. The van der Waals surface area contributed by atoms with Gasteiger partial charge in [-0.15, -0.1) is 11.3 Å². The summed E-state index contributed by atoms with van der Waals surface area (Å²) in [6.07, 6.45) is 3.25. The van der Waals surface area contributed by atoms with Crippen LogP contribution >= 0.6 is 11.3 Å². The molecule has 6 nitrogen and oxygen atoms in total. The number of carbonyl (C=O) groups is 1. The van der Waals surface area contributed by atoms with E-state index in [2.05, 4.69) is 20.6 Å². The van der Waals surface area contributed by atoms with Gasteiger partial charge in [0.2, 0.25) is 0 Å². The van der Waals surface area contributed by atoms with E-state index in [9.17, 15) is 4.79 Å². The van der Waals surface area contributed by atoms with Crippen molar-refractivity contribution >= 4 is 22.5 Å². The van der Waals surface area contributed by atoms with Crippen molar-refractivity contribution in [2.24, 2.45) is 0 Å². The molecule has 3 rings (SSSR count). The first-order valence-corrected chi connectivity index (χ1v) is 7.81. The number of aryl methyl sites for hydroxylation is 1. The van der Waals surface area contributed by atoms with E-state index in [0.717, 1.165) is 42.6 Å². The number of hydrogen-bond donors (Lipinski definition) is 1. The molecule has 0 atom stereocenters. The first-order valence-electron chi connectivity index (χ1n) is 6.93. The Kier molecular flexibility index (Phi) is 4.10. The minimum Gasteiger partial charge on any atom is -0.472 e. The number of amides is 2. The molecule has 3 heterocycles. The van der Waals surface area contributed by atoms with Gasteiger partial charge in [0.1, 0.15) is 0 Å². The number of nitrogens with one attached hydrogen (secondary N) is 1. The number of urea groups is 1. The minimum atomic E-state index is -0.0221. The summed E-state index contributed by atoms with van der Waals surface area (Å²) in [5.41, 5.74) is 2.02. The molecule has 1 fully saturated rings. The maximum atomic E-state index is 12.1. The lowest BCUT2D eigenvalue weighted by Gasteiger charge is -2.34. The van der Waals surface area contributed by atoms with Crippen molar-refractivity contribution in [1.29, 1.82) is 0 Å². The van der Waals surface area contributed by atoms with Gasteiger partial charge >= 0.3 is 6.03 Å². The first kappa shape index (κ1) is 13.9. The molecule has 0 aliphatic carbocycles. The standard InChI is InChI=1S/C14H18N4O2S/c1-11-10-21-14(16-11)18-5-3-17(4-6-18)13(19)15-8-12-2-7-20-9-12/h2,7,9-10H,3-6,8H2,1H3,(H,15,19). The third-order valence-electron chi connectivity index (χ3n) is 3.47. The summed E-state index contributed by atoms with van der Waals surface area (Å²) in [5, 5.41) is 6.01. The highest BCUT2D eigenvalue weighted by atomic mass is 32.1. The summed E-state index contributed by atoms with van der Waals surface area (Å²) >= 11 is 1.66. The topological polar surface area (TPSA) is 61.6 Å². The van der Waals surface area contributed by atoms with Crippen LogP contribution in [0.4, 0.5) is 9.93 Å². The maximum absolute atomic E-state index is 12.1. The monoisotopic (exact) mass is 306 g/mol. The normalized spacial score (nSPS) is 15.3. The quantitative estimate of drug-likeness (QED) is 0.943. The lowest BCUT2D eigenvalue weighted by Crippen LogP contribution is -2.51. The largest absolute Gasteiger partial charge is 0.472 e. The Morgan fingerprint density at radius 1 is 1.43 bits per heavy atom. The second-order valence-electron chi connectivity index (χ2n) is 5.04. The Hall–Kier alpha value is -2.02. The van der Waals surface area contributed by atoms with Gasteiger partial charge in [-0.2, -0.15) is 0 Å². The van der Waals surface area contributed by atoms with Crippen LogP contribution in [0.2, 0.25) is 0 Å². The van der Waals surface area contributed by atoms with E-state index < -0.39 is 0 Å². The fourth-order valence-corrected chi connectivity index (χ4v) is 3.13. The molecule has 0 unspecified atom stereocenters. The van der Waals surface area contributed by atoms with Crippen LogP contribution in [-0.4, -0.2) is 42.1 Å². The molecule has 0 saturated carbocycles. The summed E-state index contributed by atoms with van der Waals surface area (Å²) < 4.78 is 4.98. The van der Waals surface area contributed by atoms with Gasteiger partial charge in [-0.3, -0.25) is 0 Å². The van der Waals surface area contributed by atoms with Gasteiger partial charge in [0.15, 0.2) is 5.13 Å². The molecule has 112 valence electrons. The Balaban J connectivity index is 1.47. The number of anilines is 1. The van der Waals surface area contributed by atoms with Crippen molar-refractivity contribution in [1.82, 2.24) is 15.2 Å². The molecule has 0 radical (unpaired) electrons. The van der Waals surface area contributed by atoms with Crippen LogP contribution < -0.4 is 10.2 Å². The van der Waals surface area contributed by atoms with Crippen molar-refractivity contribution in [3.8, 4) is 0 Å². The van der Waals surface area contributed by atoms with Gasteiger partial charge in [0.25, 0.3) is 0 Å². The van der Waals surface area contributed by atoms with Crippen LogP contribution in [-0.2, 0) is 6.54 Å². The molecular formula is C14H18N4O2S. The molecule has 1 aliphatic heterocycles. The van der Waals surface area contributed by atoms with Gasteiger partial charge in [-0.1, -0.05) is 0 Å². The van der Waals surface area contributed by atoms with E-state index >= 15 is 0 Å². The number of hydrogen-bond acceptors (Lipinski definition) is 5. The van der Waals surface area contributed by atoms with Crippen LogP contribution in [0.3, 0.4) is 0 Å². The molecule has 2 amide bonds. The first-order chi connectivity index (χ1) is 10.2. The summed E-state index contributed by atoms with van der Waals surface area (Å²) in [4.78, 5) is 20.7. The molecule has 1 N–H and O–H groups in total. The Labute approximate surface area is 127 Å². The molecule has 1 saturated heterocycles. The summed E-state index contributed by atoms with van der Waals surface area (Å²) in [5.74, 6) is 0. The second kappa shape index (κ2) is 6.17. The molecule has 0 bridgehead atoms. The number of carbonyl (C=O) groups excluding carboxylic acids is 1. The highest BCUT2D eigenvalue weighted by Gasteiger charge is 2.22. The van der Waals surface area contributed by atoms with E-state index in [1.807, 2.05) is 17.9 Å². The summed E-state index contributed by atoms with van der Waals surface area (Å²) in [7, 11) is 0. The number of rotatable bonds is 3. The third-order valence-corrected chi connectivity index (χ3v) is 4.49. The third kappa shape index (κ3) is 3.36. The Morgan fingerprint density at radius 2 is 2.24 bits per heavy atom. The summed E-state index contributed by atoms with van der Waals surface area (Å²) in [6, 6.07) is 1.83. The van der Waals surface area contributed by atoms with Crippen molar-refractivity contribution < 1.29 is 9.21 Å². The minimum absolute atomic E-state index is 0.0221. The van der Waals surface area contributed by atoms with E-state index in [0.29, 0.717) is 6.54 Å². The number of piperazine rings is 1. The highest BCUT2D eigenvalue weighted by molar-refractivity contribution is 7.13. The Morgan fingerprint density at radius 3 is 2.86 bits per heavy atom. The smallest absolute Gasteiger partial charge is 0.317 e. The van der Waals surface area contributed by atoms with Crippen molar-refractivity contribution in [3.05, 3.63) is 35.2 Å². The summed E-state index contributed by atoms with van der Waals surface area (Å²) in [6.45, 7) is 5.59. The van der Waals surface area contributed by atoms with Crippen molar-refractivity contribution in [3.63, 3.8) is 0 Å². The average Bonchev–Trinajstić information content (AvgIpc) is 3.16. The molecule has 0 spiro atoms. The van der Waals surface area contributed by atoms with Crippen LogP contribution in [0.5, 0.6) is 0 Å². The second-order valence-corrected chi connectivity index (χ2v) is 5.87. The SMILES string of the molecule is Cc1csc(N2CCN(C(=O)NCc3ccoc3)CC2)n1. The van der Waals surface area contributed by atoms with Gasteiger partial charge in [-0.25, -0.2) is 9.78 Å². The van der Waals surface area contributed by atoms with Crippen LogP contribution in [0, 0.1) is 6.92 Å². The van der Waals surface area contributed by atoms with Crippen LogP contribution in [0.15, 0.2) is 28.4 Å². The van der Waals surface area contributed by atoms with Crippen molar-refractivity contribution in [2.45, 2.75) is 13.5 Å². The van der Waals surface area contributed by atoms with Gasteiger partial charge in [-0.05, 0) is 13.0 Å². The van der Waals surface area contributed by atoms with Crippen LogP contribution in [0.1, 0.15) is 11.3 Å². The number of furan rings is 1. The van der Waals surface area contributed by atoms with Crippen molar-refractivity contribution in [2.75, 3.05) is 31.1 Å². The Bertz CT molecular complexity index is 588. The predicted octanol–water partition coefficient (Wildman–Crippen LogP) is 2.08. The van der Waals surface area contributed by atoms with E-state index in [4.69, 9.17) is 4.42 Å². The molecule has 2 aromatic rings. The zero-order valence-electron chi connectivity index (χ0n) is 11.9. The number of aromatic nitrogens is 1. The number of nitrogens with zero attached hydrogens (tertiary/aromatic N) is 3. The molecule has 1 aliphatic rings. The highest BCUT2D eigenvalue weighted by Crippen LogP contribution is 2.21. The van der Waals surface area contributed by atoms with E-state index in [1.54, 1.807) is 23.9 Å². The molecule has 0 aromatic carbocycles. The lowest BCUT2D eigenvalue weighted by molar-refractivity contribution is 0.194. The lowest BCUT2D eigenvalue weighted by atomic mass is 10.3. The van der Waals surface area contributed by atoms with Gasteiger partial charge < -0.3 is 19.5 Å². The average molecular weight is 306 g/mol. The zero-order valence-corrected chi connectivity index (χ0v) is 12.7. The van der Waals surface area contributed by atoms with Crippen LogP contribution in [0.25, 0.3) is 0 Å². The maximum Gasteiger partial charge on any atom is 0.317 e. The van der Waals surface area contributed by atoms with Gasteiger partial charge in [0, 0.05) is 43.7 Å². The molecule has 7 heteroatoms. The van der Waals surface area contributed by atoms with Gasteiger partial charge in [0.05, 0.1) is 18.2 Å². The molecule has 21 heavy (non-hydrogen) atoms. The molecular weight excluding hydrogens is 288 g/mol. The molecule has 2 aromatic heterocycles. The van der Waals surface area contributed by atoms with E-state index in [1.165, 1.54) is 0 Å². The predicted molar refractivity (Wildman–Crippen MR) is 81.6 cm³/mol. The fourth-order valence-electron chi connectivity index (χ4n) is 2.27.